The van der Waals surface area contributed by atoms with Gasteiger partial charge in [0.2, 0.25) is 0 Å². The zero-order chi connectivity index (χ0) is 11.3. The highest BCUT2D eigenvalue weighted by atomic mass is 32.1. The minimum Gasteiger partial charge on any atom is -0.301 e. The number of hydrogen-bond donors (Lipinski definition) is 1. The molecular weight excluding hydrogens is 204 g/mol. The molecule has 0 aromatic carbocycles. The highest BCUT2D eigenvalue weighted by Crippen LogP contribution is 2.07. The molecule has 1 aliphatic heterocycles. The van der Waals surface area contributed by atoms with Crippen LogP contribution in [0.15, 0.2) is 0 Å². The number of hydrogen-bond acceptors (Lipinski definition) is 3. The summed E-state index contributed by atoms with van der Waals surface area (Å²) in [5, 5.41) is 0.507. The molecule has 0 spiro atoms. The molecule has 0 N–H and O–H groups in total. The van der Waals surface area contributed by atoms with E-state index in [2.05, 4.69) is 43.2 Å². The van der Waals surface area contributed by atoms with E-state index < -0.39 is 0 Å². The molecule has 2 nitrogen and oxygen atoms in total. The Kier molecular flexibility index (Phi) is 6.02. The first-order chi connectivity index (χ1) is 7.08. The van der Waals surface area contributed by atoms with Gasteiger partial charge in [0.1, 0.15) is 0 Å². The van der Waals surface area contributed by atoms with Crippen LogP contribution in [-0.4, -0.2) is 54.3 Å². The normalized spacial score (nSPS) is 22.2. The smallest absolute Gasteiger partial charge is 0.0116 e. The van der Waals surface area contributed by atoms with Crippen LogP contribution in [0.1, 0.15) is 27.2 Å². The monoisotopic (exact) mass is 230 g/mol. The quantitative estimate of drug-likeness (QED) is 0.722. The van der Waals surface area contributed by atoms with Crippen LogP contribution >= 0.6 is 12.6 Å². The maximum atomic E-state index is 4.44. The van der Waals surface area contributed by atoms with Gasteiger partial charge in [0.15, 0.2) is 0 Å². The molecule has 0 bridgehead atoms. The molecule has 90 valence electrons. The Bertz CT molecular complexity index is 163. The summed E-state index contributed by atoms with van der Waals surface area (Å²) in [7, 11) is 0. The summed E-state index contributed by atoms with van der Waals surface area (Å²) in [6.45, 7) is 14.1. The minimum absolute atomic E-state index is 0.507. The van der Waals surface area contributed by atoms with Crippen LogP contribution in [0.3, 0.4) is 0 Å². The van der Waals surface area contributed by atoms with Gasteiger partial charge in [-0.2, -0.15) is 12.6 Å². The van der Waals surface area contributed by atoms with Crippen molar-refractivity contribution in [2.75, 3.05) is 39.3 Å². The molecule has 3 heteroatoms. The molecule has 0 aromatic rings. The van der Waals surface area contributed by atoms with Crippen molar-refractivity contribution < 1.29 is 0 Å². The summed E-state index contributed by atoms with van der Waals surface area (Å²) in [5.74, 6) is 0.834. The second kappa shape index (κ2) is 6.77. The summed E-state index contributed by atoms with van der Waals surface area (Å²) >= 11 is 4.44. The van der Waals surface area contributed by atoms with Gasteiger partial charge in [-0.15, -0.1) is 0 Å². The zero-order valence-electron chi connectivity index (χ0n) is 10.4. The van der Waals surface area contributed by atoms with Crippen LogP contribution < -0.4 is 0 Å². The lowest BCUT2D eigenvalue weighted by atomic mass is 10.1. The van der Waals surface area contributed by atoms with E-state index in [1.165, 1.54) is 39.1 Å². The van der Waals surface area contributed by atoms with Crippen molar-refractivity contribution in [2.45, 2.75) is 32.4 Å². The van der Waals surface area contributed by atoms with Crippen molar-refractivity contribution in [1.29, 1.82) is 0 Å². The van der Waals surface area contributed by atoms with Gasteiger partial charge < -0.3 is 4.90 Å². The molecular formula is C12H26N2S. The lowest BCUT2D eigenvalue weighted by Gasteiger charge is -2.35. The van der Waals surface area contributed by atoms with Crippen LogP contribution in [0.4, 0.5) is 0 Å². The maximum Gasteiger partial charge on any atom is 0.0116 e. The average Bonchev–Trinajstić information content (AvgIpc) is 2.16. The summed E-state index contributed by atoms with van der Waals surface area (Å²) in [6, 6.07) is 0. The molecule has 0 aliphatic carbocycles. The van der Waals surface area contributed by atoms with Crippen molar-refractivity contribution in [3.63, 3.8) is 0 Å². The van der Waals surface area contributed by atoms with Gasteiger partial charge in [-0.3, -0.25) is 4.90 Å². The number of nitrogens with zero attached hydrogens (tertiary/aromatic N) is 2. The zero-order valence-corrected chi connectivity index (χ0v) is 11.3. The molecule has 1 fully saturated rings. The summed E-state index contributed by atoms with van der Waals surface area (Å²) in [5.41, 5.74) is 0. The van der Waals surface area contributed by atoms with Crippen molar-refractivity contribution in [3.8, 4) is 0 Å². The van der Waals surface area contributed by atoms with E-state index in [4.69, 9.17) is 0 Å². The van der Waals surface area contributed by atoms with Crippen molar-refractivity contribution in [1.82, 2.24) is 9.80 Å². The standard InChI is InChI=1S/C12H26N2S/c1-11(2)4-5-13-6-8-14(9-7-13)10-12(3)15/h11-12,15H,4-10H2,1-3H3/t12-/m0/s1. The highest BCUT2D eigenvalue weighted by Gasteiger charge is 2.17. The Morgan fingerprint density at radius 1 is 1.00 bits per heavy atom. The molecule has 1 heterocycles. The molecule has 15 heavy (non-hydrogen) atoms. The lowest BCUT2D eigenvalue weighted by Crippen LogP contribution is -2.48. The Hall–Kier alpha value is 0.270. The molecule has 1 rings (SSSR count). The van der Waals surface area contributed by atoms with Gasteiger partial charge in [-0.05, 0) is 18.9 Å². The Morgan fingerprint density at radius 3 is 2.00 bits per heavy atom. The molecule has 1 saturated heterocycles. The average molecular weight is 230 g/mol. The minimum atomic E-state index is 0.507. The molecule has 0 saturated carbocycles. The topological polar surface area (TPSA) is 6.48 Å². The van der Waals surface area contributed by atoms with Gasteiger partial charge in [-0.1, -0.05) is 20.8 Å². The van der Waals surface area contributed by atoms with Crippen LogP contribution in [0.25, 0.3) is 0 Å². The first-order valence-electron chi connectivity index (χ1n) is 6.20. The number of piperazine rings is 1. The summed E-state index contributed by atoms with van der Waals surface area (Å²) in [4.78, 5) is 5.13. The van der Waals surface area contributed by atoms with Gasteiger partial charge in [0, 0.05) is 38.0 Å². The predicted molar refractivity (Wildman–Crippen MR) is 70.8 cm³/mol. The Morgan fingerprint density at radius 2 is 1.53 bits per heavy atom. The van der Waals surface area contributed by atoms with Gasteiger partial charge in [0.05, 0.1) is 0 Å². The van der Waals surface area contributed by atoms with E-state index in [-0.39, 0.29) is 0 Å². The summed E-state index contributed by atoms with van der Waals surface area (Å²) in [6.07, 6.45) is 1.34. The second-order valence-corrected chi connectivity index (χ2v) is 6.06. The highest BCUT2D eigenvalue weighted by molar-refractivity contribution is 7.80. The SMILES string of the molecule is CC(C)CCN1CCN(C[C@H](C)S)CC1. The molecule has 1 aliphatic rings. The predicted octanol–water partition coefficient (Wildman–Crippen LogP) is 1.97. The lowest BCUT2D eigenvalue weighted by molar-refractivity contribution is 0.129. The van der Waals surface area contributed by atoms with E-state index in [1.54, 1.807) is 0 Å². The second-order valence-electron chi connectivity index (χ2n) is 5.17. The Labute approximate surface area is 100 Å². The molecule has 0 aromatic heterocycles. The van der Waals surface area contributed by atoms with Crippen LogP contribution in [0.5, 0.6) is 0 Å². The first kappa shape index (κ1) is 13.3. The van der Waals surface area contributed by atoms with Crippen LogP contribution in [0.2, 0.25) is 0 Å². The van der Waals surface area contributed by atoms with Crippen molar-refractivity contribution in [2.24, 2.45) is 5.92 Å². The molecule has 0 radical (unpaired) electrons. The largest absolute Gasteiger partial charge is 0.301 e. The maximum absolute atomic E-state index is 4.44. The van der Waals surface area contributed by atoms with Crippen LogP contribution in [0, 0.1) is 5.92 Å². The van der Waals surface area contributed by atoms with Crippen LogP contribution in [-0.2, 0) is 0 Å². The molecule has 0 amide bonds. The van der Waals surface area contributed by atoms with Crippen molar-refractivity contribution in [3.05, 3.63) is 0 Å². The first-order valence-corrected chi connectivity index (χ1v) is 6.72. The number of rotatable bonds is 5. The third-order valence-corrected chi connectivity index (χ3v) is 3.17. The number of thiol groups is 1. The van der Waals surface area contributed by atoms with E-state index >= 15 is 0 Å². The molecule has 1 atom stereocenters. The third-order valence-electron chi connectivity index (χ3n) is 3.01. The van der Waals surface area contributed by atoms with E-state index in [1.807, 2.05) is 0 Å². The fraction of sp³-hybridized carbons (Fsp3) is 1.00. The summed E-state index contributed by atoms with van der Waals surface area (Å²) < 4.78 is 0. The fourth-order valence-corrected chi connectivity index (χ4v) is 2.24. The van der Waals surface area contributed by atoms with E-state index in [9.17, 15) is 0 Å². The third kappa shape index (κ3) is 5.79. The van der Waals surface area contributed by atoms with E-state index in [0.29, 0.717) is 5.25 Å². The Balaban J connectivity index is 2.12. The van der Waals surface area contributed by atoms with E-state index in [0.717, 1.165) is 12.5 Å². The van der Waals surface area contributed by atoms with Gasteiger partial charge in [-0.25, -0.2) is 0 Å². The van der Waals surface area contributed by atoms with Gasteiger partial charge in [0.25, 0.3) is 0 Å². The van der Waals surface area contributed by atoms with Gasteiger partial charge >= 0.3 is 0 Å². The van der Waals surface area contributed by atoms with Crippen molar-refractivity contribution >= 4 is 12.6 Å². The fourth-order valence-electron chi connectivity index (χ4n) is 2.01. The molecule has 0 unspecified atom stereocenters.